The van der Waals surface area contributed by atoms with Crippen LogP contribution >= 0.6 is 0 Å². The van der Waals surface area contributed by atoms with E-state index < -0.39 is 0 Å². The van der Waals surface area contributed by atoms with Gasteiger partial charge in [0.15, 0.2) is 5.96 Å². The van der Waals surface area contributed by atoms with Crippen LogP contribution in [0.25, 0.3) is 0 Å². The molecule has 0 bridgehead atoms. The SMILES string of the molecule is CN=C(NCCc1ccc(C)nc1)NCc1nc(C)c(C)o1. The molecular weight excluding hydrogens is 278 g/mol. The van der Waals surface area contributed by atoms with E-state index in [-0.39, 0.29) is 0 Å². The minimum atomic E-state index is 0.514. The van der Waals surface area contributed by atoms with Crippen molar-refractivity contribution in [3.8, 4) is 0 Å². The molecule has 0 saturated heterocycles. The standard InChI is InChI=1S/C16H23N5O/c1-11-5-6-14(9-19-11)7-8-18-16(17-4)20-10-15-21-12(2)13(3)22-15/h5-6,9H,7-8,10H2,1-4H3,(H2,17,18,20). The fraction of sp³-hybridized carbons (Fsp3) is 0.438. The number of aryl methyl sites for hydroxylation is 3. The van der Waals surface area contributed by atoms with Crippen molar-refractivity contribution >= 4 is 5.96 Å². The van der Waals surface area contributed by atoms with Crippen LogP contribution in [0.15, 0.2) is 27.7 Å². The first-order valence-electron chi connectivity index (χ1n) is 7.37. The van der Waals surface area contributed by atoms with Gasteiger partial charge in [-0.1, -0.05) is 6.07 Å². The Morgan fingerprint density at radius 2 is 2.05 bits per heavy atom. The van der Waals surface area contributed by atoms with Gasteiger partial charge in [0, 0.05) is 25.5 Å². The molecule has 2 aromatic rings. The quantitative estimate of drug-likeness (QED) is 0.651. The predicted molar refractivity (Wildman–Crippen MR) is 86.9 cm³/mol. The van der Waals surface area contributed by atoms with Gasteiger partial charge in [-0.3, -0.25) is 9.98 Å². The van der Waals surface area contributed by atoms with E-state index in [0.29, 0.717) is 12.4 Å². The Hall–Kier alpha value is -2.37. The van der Waals surface area contributed by atoms with Gasteiger partial charge in [-0.05, 0) is 38.8 Å². The van der Waals surface area contributed by atoms with Gasteiger partial charge in [0.1, 0.15) is 5.76 Å². The zero-order valence-corrected chi connectivity index (χ0v) is 13.6. The molecule has 0 aliphatic rings. The molecule has 0 unspecified atom stereocenters. The van der Waals surface area contributed by atoms with Crippen molar-refractivity contribution in [1.82, 2.24) is 20.6 Å². The van der Waals surface area contributed by atoms with Gasteiger partial charge in [-0.15, -0.1) is 0 Å². The molecule has 0 amide bonds. The van der Waals surface area contributed by atoms with Crippen LogP contribution in [0.2, 0.25) is 0 Å². The van der Waals surface area contributed by atoms with Crippen molar-refractivity contribution in [2.24, 2.45) is 4.99 Å². The summed E-state index contributed by atoms with van der Waals surface area (Å²) in [5.74, 6) is 2.25. The average Bonchev–Trinajstić information content (AvgIpc) is 2.83. The maximum atomic E-state index is 5.53. The van der Waals surface area contributed by atoms with Gasteiger partial charge < -0.3 is 15.1 Å². The first-order valence-corrected chi connectivity index (χ1v) is 7.37. The van der Waals surface area contributed by atoms with Gasteiger partial charge in [0.25, 0.3) is 0 Å². The van der Waals surface area contributed by atoms with E-state index in [1.54, 1.807) is 7.05 Å². The fourth-order valence-corrected chi connectivity index (χ4v) is 1.97. The molecule has 2 heterocycles. The molecule has 2 N–H and O–H groups in total. The summed E-state index contributed by atoms with van der Waals surface area (Å²) >= 11 is 0. The highest BCUT2D eigenvalue weighted by molar-refractivity contribution is 5.79. The summed E-state index contributed by atoms with van der Waals surface area (Å²) < 4.78 is 5.53. The number of nitrogens with zero attached hydrogens (tertiary/aromatic N) is 3. The molecule has 0 saturated carbocycles. The summed E-state index contributed by atoms with van der Waals surface area (Å²) in [6.45, 7) is 7.13. The van der Waals surface area contributed by atoms with Crippen molar-refractivity contribution in [2.45, 2.75) is 33.7 Å². The van der Waals surface area contributed by atoms with Crippen LogP contribution < -0.4 is 10.6 Å². The van der Waals surface area contributed by atoms with Crippen LogP contribution in [0.4, 0.5) is 0 Å². The maximum Gasteiger partial charge on any atom is 0.214 e. The molecule has 0 aliphatic heterocycles. The van der Waals surface area contributed by atoms with Crippen molar-refractivity contribution in [3.63, 3.8) is 0 Å². The summed E-state index contributed by atoms with van der Waals surface area (Å²) in [5.41, 5.74) is 3.16. The molecule has 0 radical (unpaired) electrons. The van der Waals surface area contributed by atoms with E-state index in [4.69, 9.17) is 4.42 Å². The van der Waals surface area contributed by atoms with Gasteiger partial charge in [0.2, 0.25) is 5.89 Å². The summed E-state index contributed by atoms with van der Waals surface area (Å²) in [6, 6.07) is 4.12. The highest BCUT2D eigenvalue weighted by Crippen LogP contribution is 2.07. The Bertz CT molecular complexity index is 611. The third-order valence-electron chi connectivity index (χ3n) is 3.38. The Labute approximate surface area is 131 Å². The number of guanidine groups is 1. The smallest absolute Gasteiger partial charge is 0.214 e. The first-order chi connectivity index (χ1) is 10.6. The van der Waals surface area contributed by atoms with E-state index in [0.717, 1.165) is 36.1 Å². The van der Waals surface area contributed by atoms with E-state index in [1.807, 2.05) is 33.0 Å². The monoisotopic (exact) mass is 301 g/mol. The van der Waals surface area contributed by atoms with Crippen molar-refractivity contribution in [1.29, 1.82) is 0 Å². The van der Waals surface area contributed by atoms with Crippen LogP contribution in [-0.4, -0.2) is 29.5 Å². The molecular formula is C16H23N5O. The van der Waals surface area contributed by atoms with E-state index in [9.17, 15) is 0 Å². The highest BCUT2D eigenvalue weighted by Gasteiger charge is 2.06. The highest BCUT2D eigenvalue weighted by atomic mass is 16.4. The van der Waals surface area contributed by atoms with Crippen LogP contribution in [0, 0.1) is 20.8 Å². The number of hydrogen-bond donors (Lipinski definition) is 2. The van der Waals surface area contributed by atoms with Crippen molar-refractivity contribution in [3.05, 3.63) is 46.9 Å². The van der Waals surface area contributed by atoms with Gasteiger partial charge in [-0.2, -0.15) is 0 Å². The number of nitrogens with one attached hydrogen (secondary N) is 2. The largest absolute Gasteiger partial charge is 0.444 e. The second kappa shape index (κ2) is 7.59. The lowest BCUT2D eigenvalue weighted by atomic mass is 10.2. The second-order valence-electron chi connectivity index (χ2n) is 5.16. The lowest BCUT2D eigenvalue weighted by Gasteiger charge is -2.10. The summed E-state index contributed by atoms with van der Waals surface area (Å²) in [4.78, 5) is 12.8. The molecule has 22 heavy (non-hydrogen) atoms. The molecule has 6 heteroatoms. The van der Waals surface area contributed by atoms with Crippen molar-refractivity contribution < 1.29 is 4.42 Å². The third kappa shape index (κ3) is 4.58. The molecule has 0 fully saturated rings. The molecule has 2 aromatic heterocycles. The number of hydrogen-bond acceptors (Lipinski definition) is 4. The minimum absolute atomic E-state index is 0.514. The Morgan fingerprint density at radius 3 is 2.64 bits per heavy atom. The van der Waals surface area contributed by atoms with Gasteiger partial charge in [-0.25, -0.2) is 4.98 Å². The second-order valence-corrected chi connectivity index (χ2v) is 5.16. The van der Waals surface area contributed by atoms with Gasteiger partial charge in [0.05, 0.1) is 12.2 Å². The predicted octanol–water partition coefficient (Wildman–Crippen LogP) is 1.90. The zero-order valence-electron chi connectivity index (χ0n) is 13.6. The molecule has 0 atom stereocenters. The number of rotatable bonds is 5. The third-order valence-corrected chi connectivity index (χ3v) is 3.38. The Kier molecular flexibility index (Phi) is 5.52. The first kappa shape index (κ1) is 16.0. The molecule has 118 valence electrons. The lowest BCUT2D eigenvalue weighted by molar-refractivity contribution is 0.464. The molecule has 2 rings (SSSR count). The topological polar surface area (TPSA) is 75.3 Å². The normalized spacial score (nSPS) is 11.5. The van der Waals surface area contributed by atoms with Crippen LogP contribution in [0.5, 0.6) is 0 Å². The number of pyridine rings is 1. The number of oxazole rings is 1. The van der Waals surface area contributed by atoms with E-state index >= 15 is 0 Å². The van der Waals surface area contributed by atoms with E-state index in [2.05, 4.69) is 31.7 Å². The summed E-state index contributed by atoms with van der Waals surface area (Å²) in [6.07, 6.45) is 2.80. The summed E-state index contributed by atoms with van der Waals surface area (Å²) in [7, 11) is 1.74. The zero-order chi connectivity index (χ0) is 15.9. The number of aliphatic imine (C=N–C) groups is 1. The van der Waals surface area contributed by atoms with Crippen LogP contribution in [0.1, 0.15) is 28.6 Å². The van der Waals surface area contributed by atoms with Crippen molar-refractivity contribution in [2.75, 3.05) is 13.6 Å². The van der Waals surface area contributed by atoms with Gasteiger partial charge >= 0.3 is 0 Å². The Morgan fingerprint density at radius 1 is 1.23 bits per heavy atom. The molecule has 0 aliphatic carbocycles. The molecule has 0 spiro atoms. The van der Waals surface area contributed by atoms with Crippen LogP contribution in [0.3, 0.4) is 0 Å². The lowest BCUT2D eigenvalue weighted by Crippen LogP contribution is -2.37. The number of aromatic nitrogens is 2. The average molecular weight is 301 g/mol. The minimum Gasteiger partial charge on any atom is -0.444 e. The molecule has 0 aromatic carbocycles. The maximum absolute atomic E-state index is 5.53. The molecule has 6 nitrogen and oxygen atoms in total. The fourth-order valence-electron chi connectivity index (χ4n) is 1.97. The van der Waals surface area contributed by atoms with Crippen LogP contribution in [-0.2, 0) is 13.0 Å². The Balaban J connectivity index is 1.76. The summed E-state index contributed by atoms with van der Waals surface area (Å²) in [5, 5.41) is 6.45. The van der Waals surface area contributed by atoms with E-state index in [1.165, 1.54) is 5.56 Å².